The molecule has 216 valence electrons. The molecule has 11 heteroatoms. The number of urea groups is 1. The zero-order valence-electron chi connectivity index (χ0n) is 23.2. The summed E-state index contributed by atoms with van der Waals surface area (Å²) in [6, 6.07) is 16.6. The molecule has 2 atom stereocenters. The molecule has 0 aliphatic rings. The molecule has 0 unspecified atom stereocenters. The van der Waals surface area contributed by atoms with Crippen LogP contribution in [0.1, 0.15) is 43.9 Å². The maximum absolute atomic E-state index is 13.2. The van der Waals surface area contributed by atoms with Crippen LogP contribution in [0.25, 0.3) is 0 Å². The number of aliphatic carboxylic acids is 1. The molecule has 0 bridgehead atoms. The zero-order valence-corrected chi connectivity index (χ0v) is 23.2. The van der Waals surface area contributed by atoms with E-state index < -0.39 is 30.0 Å². The van der Waals surface area contributed by atoms with Gasteiger partial charge in [0.2, 0.25) is 11.8 Å². The van der Waals surface area contributed by atoms with Crippen LogP contribution in [0.5, 0.6) is 5.75 Å². The fourth-order valence-corrected chi connectivity index (χ4v) is 4.09. The van der Waals surface area contributed by atoms with Gasteiger partial charge >= 0.3 is 12.0 Å². The van der Waals surface area contributed by atoms with Crippen molar-refractivity contribution in [1.29, 1.82) is 0 Å². The zero-order chi connectivity index (χ0) is 29.8. The number of carboxylic acid groups (broad SMARTS) is 1. The second kappa shape index (κ2) is 15.0. The van der Waals surface area contributed by atoms with Crippen molar-refractivity contribution in [2.24, 2.45) is 5.92 Å². The van der Waals surface area contributed by atoms with Gasteiger partial charge in [-0.1, -0.05) is 44.2 Å². The molecule has 41 heavy (non-hydrogen) atoms. The summed E-state index contributed by atoms with van der Waals surface area (Å²) in [4.78, 5) is 53.8. The summed E-state index contributed by atoms with van der Waals surface area (Å²) in [6.07, 6.45) is 1.63. The average Bonchev–Trinajstić information content (AvgIpc) is 2.93. The van der Waals surface area contributed by atoms with Crippen molar-refractivity contribution >= 4 is 35.3 Å². The topological polar surface area (TPSA) is 159 Å². The lowest BCUT2D eigenvalue weighted by atomic mass is 9.99. The Morgan fingerprint density at radius 1 is 0.902 bits per heavy atom. The SMILES string of the molecule is COc1ccc([C@H](CC(=O)O)NC(=O)[C@H](CC(C)C)NC(=O)Cc2ccc(NC(=O)Nc3ccccn3)cc2)cc1. The highest BCUT2D eigenvalue weighted by atomic mass is 16.5. The highest BCUT2D eigenvalue weighted by Crippen LogP contribution is 2.21. The number of hydrogen-bond acceptors (Lipinski definition) is 6. The van der Waals surface area contributed by atoms with Crippen LogP contribution in [-0.2, 0) is 20.8 Å². The first-order valence-corrected chi connectivity index (χ1v) is 13.2. The van der Waals surface area contributed by atoms with Gasteiger partial charge in [-0.15, -0.1) is 0 Å². The van der Waals surface area contributed by atoms with E-state index in [0.29, 0.717) is 34.8 Å². The highest BCUT2D eigenvalue weighted by Gasteiger charge is 2.26. The molecule has 0 saturated carbocycles. The number of rotatable bonds is 13. The molecule has 0 aliphatic heterocycles. The molecule has 11 nitrogen and oxygen atoms in total. The molecule has 0 saturated heterocycles. The normalized spacial score (nSPS) is 12.1. The van der Waals surface area contributed by atoms with Crippen LogP contribution in [0.2, 0.25) is 0 Å². The highest BCUT2D eigenvalue weighted by molar-refractivity contribution is 5.99. The van der Waals surface area contributed by atoms with Crippen molar-refractivity contribution in [3.05, 3.63) is 84.1 Å². The molecule has 3 rings (SSSR count). The Balaban J connectivity index is 1.60. The van der Waals surface area contributed by atoms with Crippen LogP contribution in [0, 0.1) is 5.92 Å². The van der Waals surface area contributed by atoms with E-state index in [0.717, 1.165) is 0 Å². The van der Waals surface area contributed by atoms with Crippen molar-refractivity contribution < 1.29 is 29.0 Å². The van der Waals surface area contributed by atoms with Gasteiger partial charge in [-0.05, 0) is 59.9 Å². The standard InChI is InChI=1S/C30H35N5O6/c1-19(2)16-25(29(39)34-24(18-28(37)38)21-9-13-23(41-3)14-10-21)33-27(36)17-20-7-11-22(12-8-20)32-30(40)35-26-6-4-5-15-31-26/h4-15,19,24-25H,16-18H2,1-3H3,(H,33,36)(H,34,39)(H,37,38)(H2,31,32,35,40)/t24-,25-/m0/s1. The van der Waals surface area contributed by atoms with Gasteiger partial charge in [-0.2, -0.15) is 0 Å². The van der Waals surface area contributed by atoms with E-state index >= 15 is 0 Å². The monoisotopic (exact) mass is 561 g/mol. The van der Waals surface area contributed by atoms with E-state index in [4.69, 9.17) is 4.74 Å². The Kier molecular flexibility index (Phi) is 11.2. The summed E-state index contributed by atoms with van der Waals surface area (Å²) in [7, 11) is 1.53. The number of methoxy groups -OCH3 is 1. The number of amides is 4. The number of anilines is 2. The number of carboxylic acids is 1. The predicted molar refractivity (Wildman–Crippen MR) is 155 cm³/mol. The third-order valence-corrected chi connectivity index (χ3v) is 6.06. The smallest absolute Gasteiger partial charge is 0.324 e. The Bertz CT molecular complexity index is 1310. The largest absolute Gasteiger partial charge is 0.497 e. The summed E-state index contributed by atoms with van der Waals surface area (Å²) in [5, 5.41) is 20.3. The fourth-order valence-electron chi connectivity index (χ4n) is 4.09. The van der Waals surface area contributed by atoms with Gasteiger partial charge in [0.15, 0.2) is 0 Å². The number of ether oxygens (including phenoxy) is 1. The number of nitrogens with one attached hydrogen (secondary N) is 4. The maximum Gasteiger partial charge on any atom is 0.324 e. The Morgan fingerprint density at radius 2 is 1.61 bits per heavy atom. The van der Waals surface area contributed by atoms with Crippen LogP contribution in [0.15, 0.2) is 72.9 Å². The third-order valence-electron chi connectivity index (χ3n) is 6.06. The van der Waals surface area contributed by atoms with Crippen molar-refractivity contribution in [1.82, 2.24) is 15.6 Å². The average molecular weight is 562 g/mol. The summed E-state index contributed by atoms with van der Waals surface area (Å²) < 4.78 is 5.16. The van der Waals surface area contributed by atoms with Crippen LogP contribution in [-0.4, -0.2) is 47.1 Å². The molecular formula is C30H35N5O6. The minimum Gasteiger partial charge on any atom is -0.497 e. The molecule has 1 aromatic heterocycles. The number of carbonyl (C=O) groups is 4. The Hall–Kier alpha value is -4.93. The van der Waals surface area contributed by atoms with E-state index in [1.165, 1.54) is 7.11 Å². The molecule has 0 fully saturated rings. The second-order valence-electron chi connectivity index (χ2n) is 9.85. The quantitative estimate of drug-likeness (QED) is 0.210. The lowest BCUT2D eigenvalue weighted by Crippen LogP contribution is -2.49. The maximum atomic E-state index is 13.2. The first kappa shape index (κ1) is 30.6. The number of carbonyl (C=O) groups excluding carboxylic acids is 3. The van der Waals surface area contributed by atoms with Crippen LogP contribution >= 0.6 is 0 Å². The minimum absolute atomic E-state index is 0.0132. The van der Waals surface area contributed by atoms with Gasteiger partial charge in [0.05, 0.1) is 26.0 Å². The Labute approximate surface area is 238 Å². The summed E-state index contributed by atoms with van der Waals surface area (Å²) >= 11 is 0. The first-order valence-electron chi connectivity index (χ1n) is 13.2. The summed E-state index contributed by atoms with van der Waals surface area (Å²) in [5.74, 6) is -0.784. The number of aromatic nitrogens is 1. The van der Waals surface area contributed by atoms with Crippen molar-refractivity contribution in [2.45, 2.75) is 45.2 Å². The number of hydrogen-bond donors (Lipinski definition) is 5. The lowest BCUT2D eigenvalue weighted by Gasteiger charge is -2.24. The number of nitrogens with zero attached hydrogens (tertiary/aromatic N) is 1. The summed E-state index contributed by atoms with van der Waals surface area (Å²) in [6.45, 7) is 3.86. The van der Waals surface area contributed by atoms with Gasteiger partial charge in [0.25, 0.3) is 0 Å². The fraction of sp³-hybridized carbons (Fsp3) is 0.300. The third kappa shape index (κ3) is 10.3. The number of benzene rings is 2. The van der Waals surface area contributed by atoms with Gasteiger partial charge in [-0.3, -0.25) is 19.7 Å². The molecular weight excluding hydrogens is 526 g/mol. The van der Waals surface area contributed by atoms with E-state index in [2.05, 4.69) is 26.3 Å². The number of pyridine rings is 1. The van der Waals surface area contributed by atoms with Crippen molar-refractivity contribution in [3.63, 3.8) is 0 Å². The van der Waals surface area contributed by atoms with Crippen LogP contribution in [0.3, 0.4) is 0 Å². The second-order valence-corrected chi connectivity index (χ2v) is 9.85. The minimum atomic E-state index is -1.07. The molecule has 0 radical (unpaired) electrons. The van der Waals surface area contributed by atoms with Gasteiger partial charge in [-0.25, -0.2) is 9.78 Å². The van der Waals surface area contributed by atoms with Gasteiger partial charge < -0.3 is 25.8 Å². The Morgan fingerprint density at radius 3 is 2.20 bits per heavy atom. The van der Waals surface area contributed by atoms with Crippen LogP contribution < -0.4 is 26.0 Å². The molecule has 0 aliphatic carbocycles. The lowest BCUT2D eigenvalue weighted by molar-refractivity contribution is -0.138. The predicted octanol–water partition coefficient (Wildman–Crippen LogP) is 4.14. The molecule has 0 spiro atoms. The van der Waals surface area contributed by atoms with E-state index in [1.807, 2.05) is 13.8 Å². The summed E-state index contributed by atoms with van der Waals surface area (Å²) in [5.41, 5.74) is 1.82. The van der Waals surface area contributed by atoms with Gasteiger partial charge in [0.1, 0.15) is 17.6 Å². The van der Waals surface area contributed by atoms with Crippen LogP contribution in [0.4, 0.5) is 16.3 Å². The first-order chi connectivity index (χ1) is 19.6. The molecule has 2 aromatic carbocycles. The molecule has 1 heterocycles. The van der Waals surface area contributed by atoms with Crippen molar-refractivity contribution in [3.8, 4) is 5.75 Å². The molecule has 4 amide bonds. The van der Waals surface area contributed by atoms with Crippen molar-refractivity contribution in [2.75, 3.05) is 17.7 Å². The van der Waals surface area contributed by atoms with E-state index in [9.17, 15) is 24.3 Å². The molecule has 5 N–H and O–H groups in total. The van der Waals surface area contributed by atoms with E-state index in [-0.39, 0.29) is 24.7 Å². The van der Waals surface area contributed by atoms with E-state index in [1.54, 1.807) is 72.9 Å². The molecule has 3 aromatic rings. The van der Waals surface area contributed by atoms with Gasteiger partial charge in [0, 0.05) is 11.9 Å².